The van der Waals surface area contributed by atoms with Gasteiger partial charge in [-0.05, 0) is 0 Å². The van der Waals surface area contributed by atoms with Gasteiger partial charge in [0.05, 0.1) is 46.5 Å². The first-order valence-corrected chi connectivity index (χ1v) is 9.19. The number of ether oxygens (including phenoxy) is 2. The van der Waals surface area contributed by atoms with Crippen LogP contribution in [0.15, 0.2) is 0 Å². The van der Waals surface area contributed by atoms with Crippen LogP contribution < -0.4 is 28.0 Å². The molecule has 2 N–H and O–H groups in total. The monoisotopic (exact) mass is 522 g/mol. The normalized spacial score (nSPS) is 10.0. The maximum absolute atomic E-state index is 12.7. The average molecular weight is 524 g/mol. The Bertz CT molecular complexity index is 762. The molecule has 0 fully saturated rings. The SMILES string of the molecule is CNC(=O)c1c(OC)c(N(Br)C(C)=O)c(C(=O)NC)c(OC)c1N(Br)C(C)=O. The molecule has 0 radical (unpaired) electrons. The number of carbonyl (C=O) groups excluding carboxylic acids is 4. The fourth-order valence-electron chi connectivity index (χ4n) is 2.44. The highest BCUT2D eigenvalue weighted by Crippen LogP contribution is 2.50. The van der Waals surface area contributed by atoms with Gasteiger partial charge in [-0.25, -0.2) is 7.85 Å². The highest BCUT2D eigenvalue weighted by molar-refractivity contribution is 9.10. The number of rotatable bonds is 6. The first kappa shape index (κ1) is 23.7. The van der Waals surface area contributed by atoms with Crippen LogP contribution in [0.5, 0.6) is 11.5 Å². The molecule has 12 heteroatoms. The molecule has 1 rings (SSSR count). The number of hydrogen-bond acceptors (Lipinski definition) is 6. The van der Waals surface area contributed by atoms with E-state index in [9.17, 15) is 19.2 Å². The molecule has 4 amide bonds. The highest BCUT2D eigenvalue weighted by atomic mass is 79.9. The summed E-state index contributed by atoms with van der Waals surface area (Å²) in [5.74, 6) is -2.50. The summed E-state index contributed by atoms with van der Waals surface area (Å²) in [5, 5.41) is 4.89. The topological polar surface area (TPSA) is 117 Å². The molecule has 154 valence electrons. The minimum absolute atomic E-state index is 0.0574. The van der Waals surface area contributed by atoms with E-state index >= 15 is 0 Å². The highest BCUT2D eigenvalue weighted by Gasteiger charge is 2.37. The average Bonchev–Trinajstić information content (AvgIpc) is 2.68. The molecule has 0 aliphatic carbocycles. The van der Waals surface area contributed by atoms with Gasteiger partial charge in [0.2, 0.25) is 11.8 Å². The third-order valence-corrected chi connectivity index (χ3v) is 5.33. The van der Waals surface area contributed by atoms with Crippen molar-refractivity contribution in [3.8, 4) is 11.5 Å². The van der Waals surface area contributed by atoms with Crippen molar-refractivity contribution in [1.82, 2.24) is 10.6 Å². The maximum Gasteiger partial charge on any atom is 0.257 e. The number of amides is 4. The van der Waals surface area contributed by atoms with Gasteiger partial charge in [0.25, 0.3) is 11.8 Å². The van der Waals surface area contributed by atoms with Crippen LogP contribution in [-0.2, 0) is 9.59 Å². The molecule has 28 heavy (non-hydrogen) atoms. The summed E-state index contributed by atoms with van der Waals surface area (Å²) in [6.45, 7) is 2.49. The second-order valence-corrected chi connectivity index (χ2v) is 6.69. The Morgan fingerprint density at radius 1 is 0.750 bits per heavy atom. The third-order valence-electron chi connectivity index (χ3n) is 3.62. The van der Waals surface area contributed by atoms with E-state index in [0.717, 1.165) is 7.85 Å². The number of nitrogens with one attached hydrogen (secondary N) is 2. The van der Waals surface area contributed by atoms with Crippen molar-refractivity contribution in [3.63, 3.8) is 0 Å². The van der Waals surface area contributed by atoms with E-state index in [1.165, 1.54) is 42.2 Å². The van der Waals surface area contributed by atoms with Crippen molar-refractivity contribution < 1.29 is 28.7 Å². The van der Waals surface area contributed by atoms with Crippen molar-refractivity contribution in [2.75, 3.05) is 36.2 Å². The van der Waals surface area contributed by atoms with Crippen LogP contribution in [0.3, 0.4) is 0 Å². The number of halogens is 2. The predicted octanol–water partition coefficient (Wildman–Crippen LogP) is 1.75. The van der Waals surface area contributed by atoms with Crippen LogP contribution in [0.25, 0.3) is 0 Å². The fraction of sp³-hybridized carbons (Fsp3) is 0.375. The van der Waals surface area contributed by atoms with Gasteiger partial charge in [-0.2, -0.15) is 0 Å². The predicted molar refractivity (Wildman–Crippen MR) is 111 cm³/mol. The summed E-state index contributed by atoms with van der Waals surface area (Å²) in [4.78, 5) is 49.4. The van der Waals surface area contributed by atoms with E-state index in [-0.39, 0.29) is 34.0 Å². The first-order chi connectivity index (χ1) is 13.1. The van der Waals surface area contributed by atoms with Gasteiger partial charge in [-0.1, -0.05) is 0 Å². The summed E-state index contributed by atoms with van der Waals surface area (Å²) >= 11 is 6.19. The minimum Gasteiger partial charge on any atom is -0.494 e. The smallest absolute Gasteiger partial charge is 0.257 e. The number of hydrogen-bond donors (Lipinski definition) is 2. The third kappa shape index (κ3) is 4.22. The van der Waals surface area contributed by atoms with Gasteiger partial charge in [-0.3, -0.25) is 19.2 Å². The second kappa shape index (κ2) is 9.73. The molecule has 10 nitrogen and oxygen atoms in total. The summed E-state index contributed by atoms with van der Waals surface area (Å²) in [7, 11) is 5.30. The van der Waals surface area contributed by atoms with Crippen LogP contribution in [0.2, 0.25) is 0 Å². The Hall–Kier alpha value is -2.34. The van der Waals surface area contributed by atoms with Gasteiger partial charge in [-0.15, -0.1) is 0 Å². The fourth-order valence-corrected chi connectivity index (χ4v) is 3.11. The van der Waals surface area contributed by atoms with Crippen LogP contribution in [0.1, 0.15) is 34.6 Å². The number of methoxy groups -OCH3 is 2. The van der Waals surface area contributed by atoms with E-state index in [2.05, 4.69) is 42.9 Å². The van der Waals surface area contributed by atoms with E-state index in [0.29, 0.717) is 0 Å². The van der Waals surface area contributed by atoms with Crippen LogP contribution in [0, 0.1) is 0 Å². The van der Waals surface area contributed by atoms with E-state index in [1.807, 2.05) is 0 Å². The quantitative estimate of drug-likeness (QED) is 0.548. The van der Waals surface area contributed by atoms with Crippen LogP contribution in [-0.4, -0.2) is 51.9 Å². The van der Waals surface area contributed by atoms with Crippen LogP contribution in [0.4, 0.5) is 11.4 Å². The number of carbonyl (C=O) groups is 4. The zero-order valence-electron chi connectivity index (χ0n) is 16.1. The van der Waals surface area contributed by atoms with E-state index in [1.54, 1.807) is 0 Å². The number of nitrogens with zero attached hydrogens (tertiary/aromatic N) is 2. The Morgan fingerprint density at radius 2 is 1.04 bits per heavy atom. The Balaban J connectivity index is 4.34. The molecular formula is C16H20Br2N4O6. The summed E-state index contributed by atoms with van der Waals surface area (Å²) < 4.78 is 12.7. The zero-order valence-corrected chi connectivity index (χ0v) is 19.3. The van der Waals surface area contributed by atoms with Crippen molar-refractivity contribution in [3.05, 3.63) is 11.1 Å². The Kier molecular flexibility index (Phi) is 8.24. The lowest BCUT2D eigenvalue weighted by Gasteiger charge is -2.28. The molecule has 0 bridgehead atoms. The van der Waals surface area contributed by atoms with Gasteiger partial charge in [0.1, 0.15) is 22.5 Å². The summed E-state index contributed by atoms with van der Waals surface area (Å²) in [5.41, 5.74) is -0.361. The van der Waals surface area contributed by atoms with Gasteiger partial charge < -0.3 is 20.1 Å². The summed E-state index contributed by atoms with van der Waals surface area (Å²) in [6.07, 6.45) is 0. The lowest BCUT2D eigenvalue weighted by atomic mass is 10.0. The molecule has 0 heterocycles. The first-order valence-electron chi connectivity index (χ1n) is 7.77. The Morgan fingerprint density at radius 3 is 1.21 bits per heavy atom. The molecule has 1 aromatic rings. The lowest BCUT2D eigenvalue weighted by molar-refractivity contribution is -0.116. The van der Waals surface area contributed by atoms with E-state index < -0.39 is 23.6 Å². The van der Waals surface area contributed by atoms with Gasteiger partial charge >= 0.3 is 0 Å². The van der Waals surface area contributed by atoms with Crippen molar-refractivity contribution >= 4 is 67.3 Å². The molecule has 0 saturated carbocycles. The van der Waals surface area contributed by atoms with Crippen LogP contribution >= 0.6 is 32.3 Å². The van der Waals surface area contributed by atoms with E-state index in [4.69, 9.17) is 9.47 Å². The van der Waals surface area contributed by atoms with Gasteiger partial charge in [0.15, 0.2) is 11.5 Å². The largest absolute Gasteiger partial charge is 0.494 e. The minimum atomic E-state index is -0.634. The molecule has 0 spiro atoms. The zero-order chi connectivity index (χ0) is 21.8. The van der Waals surface area contributed by atoms with Crippen molar-refractivity contribution in [2.45, 2.75) is 13.8 Å². The molecule has 0 atom stereocenters. The standard InChI is InChI=1S/C16H20Br2N4O6/c1-7(23)21(17)11-9(15(25)19-3)14(28-6)12(22(18)8(2)24)10(13(11)27-5)16(26)20-4/h1-6H3,(H,19,25)(H,20,26). The molecule has 0 unspecified atom stereocenters. The molecule has 0 aliphatic heterocycles. The summed E-state index contributed by atoms with van der Waals surface area (Å²) in [6, 6.07) is 0. The molecule has 0 aliphatic rings. The molecular weight excluding hydrogens is 504 g/mol. The maximum atomic E-state index is 12.7. The lowest BCUT2D eigenvalue weighted by Crippen LogP contribution is -2.30. The second-order valence-electron chi connectivity index (χ2n) is 5.27. The molecule has 0 aromatic heterocycles. The number of anilines is 2. The molecule has 0 saturated heterocycles. The number of benzene rings is 1. The Labute approximate surface area is 179 Å². The molecule has 1 aromatic carbocycles. The van der Waals surface area contributed by atoms with Crippen molar-refractivity contribution in [1.29, 1.82) is 0 Å². The van der Waals surface area contributed by atoms with Crippen molar-refractivity contribution in [2.24, 2.45) is 0 Å². The van der Waals surface area contributed by atoms with Gasteiger partial charge in [0, 0.05) is 27.9 Å².